The molecule has 1 aromatic rings. The lowest BCUT2D eigenvalue weighted by Gasteiger charge is -2.06. The third kappa shape index (κ3) is 4.28. The zero-order valence-electron chi connectivity index (χ0n) is 9.62. The van der Waals surface area contributed by atoms with Gasteiger partial charge in [0.05, 0.1) is 19.5 Å². The predicted octanol–water partition coefficient (Wildman–Crippen LogP) is 3.64. The molecule has 0 aliphatic heterocycles. The molecule has 0 aliphatic rings. The Morgan fingerprint density at radius 2 is 1.73 bits per heavy atom. The predicted molar refractivity (Wildman–Crippen MR) is 59.5 cm³/mol. The first-order valence-corrected chi connectivity index (χ1v) is 5.71. The summed E-state index contributed by atoms with van der Waals surface area (Å²) in [6.07, 6.45) is 5.94. The Morgan fingerprint density at radius 1 is 1.07 bits per heavy atom. The molecule has 3 nitrogen and oxygen atoms in total. The van der Waals surface area contributed by atoms with Crippen molar-refractivity contribution in [2.45, 2.75) is 39.5 Å². The zero-order valence-corrected chi connectivity index (χ0v) is 9.62. The Kier molecular flexibility index (Phi) is 5.74. The van der Waals surface area contributed by atoms with Crippen LogP contribution in [-0.2, 0) is 0 Å². The third-order valence-electron chi connectivity index (χ3n) is 2.08. The Hall–Kier alpha value is -1.12. The highest BCUT2D eigenvalue weighted by Crippen LogP contribution is 2.28. The first-order chi connectivity index (χ1) is 7.38. The van der Waals surface area contributed by atoms with E-state index in [0.29, 0.717) is 12.6 Å². The molecule has 0 radical (unpaired) electrons. The van der Waals surface area contributed by atoms with E-state index in [9.17, 15) is 0 Å². The average molecular weight is 212 g/mol. The normalized spacial score (nSPS) is 10.3. The lowest BCUT2D eigenvalue weighted by Crippen LogP contribution is -2.00. The van der Waals surface area contributed by atoms with E-state index in [1.807, 2.05) is 0 Å². The SMILES string of the molecule is CCCCOc1ccoc1OCCCC. The largest absolute Gasteiger partial charge is 0.487 e. The Labute approximate surface area is 91.4 Å². The van der Waals surface area contributed by atoms with Crippen molar-refractivity contribution in [3.8, 4) is 11.7 Å². The monoisotopic (exact) mass is 212 g/mol. The first-order valence-electron chi connectivity index (χ1n) is 5.71. The lowest BCUT2D eigenvalue weighted by atomic mass is 10.4. The van der Waals surface area contributed by atoms with E-state index >= 15 is 0 Å². The smallest absolute Gasteiger partial charge is 0.328 e. The van der Waals surface area contributed by atoms with Gasteiger partial charge in [0.15, 0.2) is 0 Å². The van der Waals surface area contributed by atoms with E-state index in [1.54, 1.807) is 12.3 Å². The van der Waals surface area contributed by atoms with E-state index in [2.05, 4.69) is 13.8 Å². The molecule has 1 heterocycles. The second-order valence-corrected chi connectivity index (χ2v) is 3.48. The van der Waals surface area contributed by atoms with Crippen LogP contribution >= 0.6 is 0 Å². The van der Waals surface area contributed by atoms with Crippen LogP contribution in [0.4, 0.5) is 0 Å². The maximum atomic E-state index is 5.53. The summed E-state index contributed by atoms with van der Waals surface area (Å²) in [4.78, 5) is 0. The first kappa shape index (κ1) is 12.0. The number of unbranched alkanes of at least 4 members (excludes halogenated alkanes) is 2. The summed E-state index contributed by atoms with van der Waals surface area (Å²) < 4.78 is 16.2. The average Bonchev–Trinajstić information content (AvgIpc) is 2.67. The molecule has 1 aromatic heterocycles. The van der Waals surface area contributed by atoms with Crippen molar-refractivity contribution in [1.29, 1.82) is 0 Å². The van der Waals surface area contributed by atoms with Crippen LogP contribution in [0.1, 0.15) is 39.5 Å². The summed E-state index contributed by atoms with van der Waals surface area (Å²) >= 11 is 0. The zero-order chi connectivity index (χ0) is 10.9. The van der Waals surface area contributed by atoms with Crippen LogP contribution in [0.2, 0.25) is 0 Å². The highest BCUT2D eigenvalue weighted by atomic mass is 16.6. The molecule has 0 saturated heterocycles. The Bertz CT molecular complexity index is 231. The number of rotatable bonds is 8. The van der Waals surface area contributed by atoms with Crippen LogP contribution in [0.25, 0.3) is 0 Å². The second-order valence-electron chi connectivity index (χ2n) is 3.48. The van der Waals surface area contributed by atoms with E-state index in [4.69, 9.17) is 13.9 Å². The van der Waals surface area contributed by atoms with Gasteiger partial charge in [-0.2, -0.15) is 0 Å². The fraction of sp³-hybridized carbons (Fsp3) is 0.667. The molecule has 0 amide bonds. The molecule has 0 fully saturated rings. The highest BCUT2D eigenvalue weighted by Gasteiger charge is 2.08. The van der Waals surface area contributed by atoms with Crippen molar-refractivity contribution in [2.24, 2.45) is 0 Å². The molecule has 15 heavy (non-hydrogen) atoms. The Balaban J connectivity index is 2.32. The summed E-state index contributed by atoms with van der Waals surface area (Å²) in [6, 6.07) is 1.80. The molecule has 0 saturated carbocycles. The molecule has 0 N–H and O–H groups in total. The van der Waals surface area contributed by atoms with Crippen LogP contribution in [0.3, 0.4) is 0 Å². The van der Waals surface area contributed by atoms with Gasteiger partial charge in [0.25, 0.3) is 0 Å². The fourth-order valence-electron chi connectivity index (χ4n) is 1.13. The lowest BCUT2D eigenvalue weighted by molar-refractivity contribution is 0.212. The number of hydrogen-bond donors (Lipinski definition) is 0. The fourth-order valence-corrected chi connectivity index (χ4v) is 1.13. The minimum Gasteiger partial charge on any atom is -0.487 e. The van der Waals surface area contributed by atoms with Crippen molar-refractivity contribution < 1.29 is 13.9 Å². The van der Waals surface area contributed by atoms with E-state index in [-0.39, 0.29) is 0 Å². The molecular weight excluding hydrogens is 192 g/mol. The number of ether oxygens (including phenoxy) is 2. The Morgan fingerprint density at radius 3 is 2.40 bits per heavy atom. The van der Waals surface area contributed by atoms with Crippen LogP contribution < -0.4 is 9.47 Å². The second kappa shape index (κ2) is 7.21. The van der Waals surface area contributed by atoms with Crippen molar-refractivity contribution in [2.75, 3.05) is 13.2 Å². The van der Waals surface area contributed by atoms with Crippen LogP contribution in [0.15, 0.2) is 16.7 Å². The number of furan rings is 1. The molecule has 3 heteroatoms. The van der Waals surface area contributed by atoms with Crippen molar-refractivity contribution in [3.05, 3.63) is 12.3 Å². The summed E-state index contributed by atoms with van der Waals surface area (Å²) in [5.41, 5.74) is 0. The topological polar surface area (TPSA) is 31.6 Å². The van der Waals surface area contributed by atoms with Crippen molar-refractivity contribution in [3.63, 3.8) is 0 Å². The van der Waals surface area contributed by atoms with Crippen LogP contribution in [0, 0.1) is 0 Å². The molecule has 0 spiro atoms. The minimum absolute atomic E-state index is 0.513. The summed E-state index contributed by atoms with van der Waals surface area (Å²) in [5, 5.41) is 0. The summed E-state index contributed by atoms with van der Waals surface area (Å²) in [7, 11) is 0. The van der Waals surface area contributed by atoms with Gasteiger partial charge in [0.2, 0.25) is 5.75 Å². The molecule has 0 atom stereocenters. The van der Waals surface area contributed by atoms with Gasteiger partial charge in [-0.25, -0.2) is 0 Å². The molecule has 1 rings (SSSR count). The summed E-state index contributed by atoms with van der Waals surface area (Å²) in [5.74, 6) is 1.24. The molecule has 0 unspecified atom stereocenters. The van der Waals surface area contributed by atoms with E-state index < -0.39 is 0 Å². The van der Waals surface area contributed by atoms with Crippen LogP contribution in [-0.4, -0.2) is 13.2 Å². The summed E-state index contributed by atoms with van der Waals surface area (Å²) in [6.45, 7) is 5.68. The van der Waals surface area contributed by atoms with Gasteiger partial charge in [-0.1, -0.05) is 26.7 Å². The van der Waals surface area contributed by atoms with E-state index in [1.165, 1.54) is 0 Å². The van der Waals surface area contributed by atoms with Gasteiger partial charge in [-0.3, -0.25) is 0 Å². The maximum absolute atomic E-state index is 5.53. The van der Waals surface area contributed by atoms with Gasteiger partial charge in [-0.05, 0) is 12.8 Å². The standard InChI is InChI=1S/C12H20O3/c1-3-5-8-13-11-7-10-15-12(11)14-9-6-4-2/h7,10H,3-6,8-9H2,1-2H3. The number of hydrogen-bond acceptors (Lipinski definition) is 3. The van der Waals surface area contributed by atoms with Gasteiger partial charge in [0, 0.05) is 6.07 Å². The van der Waals surface area contributed by atoms with Crippen LogP contribution in [0.5, 0.6) is 11.7 Å². The van der Waals surface area contributed by atoms with E-state index in [0.717, 1.165) is 38.0 Å². The van der Waals surface area contributed by atoms with Crippen molar-refractivity contribution in [1.82, 2.24) is 0 Å². The third-order valence-corrected chi connectivity index (χ3v) is 2.08. The molecule has 86 valence electrons. The maximum Gasteiger partial charge on any atom is 0.328 e. The van der Waals surface area contributed by atoms with Gasteiger partial charge >= 0.3 is 5.95 Å². The molecule has 0 aliphatic carbocycles. The minimum atomic E-state index is 0.513. The van der Waals surface area contributed by atoms with Gasteiger partial charge in [-0.15, -0.1) is 0 Å². The van der Waals surface area contributed by atoms with Gasteiger partial charge in [0.1, 0.15) is 0 Å². The van der Waals surface area contributed by atoms with Crippen molar-refractivity contribution >= 4 is 0 Å². The molecule has 0 bridgehead atoms. The molecule has 0 aromatic carbocycles. The molecular formula is C12H20O3. The van der Waals surface area contributed by atoms with Gasteiger partial charge < -0.3 is 13.9 Å². The highest BCUT2D eigenvalue weighted by molar-refractivity contribution is 5.30. The quantitative estimate of drug-likeness (QED) is 0.616.